The summed E-state index contributed by atoms with van der Waals surface area (Å²) in [5, 5.41) is 3.00. The number of carbonyl (C=O) groups excluding carboxylic acids is 1. The van der Waals surface area contributed by atoms with Gasteiger partial charge in [-0.15, -0.1) is 0 Å². The lowest BCUT2D eigenvalue weighted by molar-refractivity contribution is 0.0940. The van der Waals surface area contributed by atoms with Crippen molar-refractivity contribution in [2.75, 3.05) is 13.6 Å². The highest BCUT2D eigenvalue weighted by atomic mass is 16.1. The van der Waals surface area contributed by atoms with E-state index in [0.717, 1.165) is 12.2 Å². The van der Waals surface area contributed by atoms with Crippen LogP contribution < -0.4 is 5.32 Å². The van der Waals surface area contributed by atoms with E-state index in [1.165, 1.54) is 5.56 Å². The number of hydrogen-bond donors (Lipinski definition) is 1. The molecule has 0 saturated heterocycles. The number of nitrogens with one attached hydrogen (secondary N) is 1. The molecular formula is C19H22N4O. The van der Waals surface area contributed by atoms with Gasteiger partial charge in [-0.25, -0.2) is 4.98 Å². The average molecular weight is 322 g/mol. The van der Waals surface area contributed by atoms with Gasteiger partial charge in [0.1, 0.15) is 5.65 Å². The van der Waals surface area contributed by atoms with Crippen molar-refractivity contribution in [1.29, 1.82) is 0 Å². The summed E-state index contributed by atoms with van der Waals surface area (Å²) in [6.45, 7) is 3.57. The second-order valence-electron chi connectivity index (χ2n) is 6.07. The van der Waals surface area contributed by atoms with Gasteiger partial charge in [0.15, 0.2) is 0 Å². The third-order valence-corrected chi connectivity index (χ3v) is 4.25. The molecule has 5 heteroatoms. The van der Waals surface area contributed by atoms with Crippen molar-refractivity contribution >= 4 is 11.6 Å². The predicted octanol–water partition coefficient (Wildman–Crippen LogP) is 2.58. The Morgan fingerprint density at radius 2 is 2.04 bits per heavy atom. The van der Waals surface area contributed by atoms with Gasteiger partial charge in [0.05, 0.1) is 0 Å². The van der Waals surface area contributed by atoms with E-state index in [4.69, 9.17) is 0 Å². The Labute approximate surface area is 141 Å². The summed E-state index contributed by atoms with van der Waals surface area (Å²) in [4.78, 5) is 18.8. The summed E-state index contributed by atoms with van der Waals surface area (Å²) < 4.78 is 1.88. The van der Waals surface area contributed by atoms with Gasteiger partial charge in [-0.3, -0.25) is 9.69 Å². The molecule has 0 fully saturated rings. The molecule has 124 valence electrons. The molecule has 3 rings (SSSR count). The number of carbonyl (C=O) groups is 1. The number of aromatic nitrogens is 2. The summed E-state index contributed by atoms with van der Waals surface area (Å²) in [6, 6.07) is 14.2. The number of benzene rings is 1. The molecule has 5 nitrogen and oxygen atoms in total. The lowest BCUT2D eigenvalue weighted by Crippen LogP contribution is -2.39. The molecule has 2 aromatic heterocycles. The van der Waals surface area contributed by atoms with E-state index in [0.29, 0.717) is 12.1 Å². The fourth-order valence-electron chi connectivity index (χ4n) is 2.58. The van der Waals surface area contributed by atoms with Crippen LogP contribution in [0.2, 0.25) is 0 Å². The van der Waals surface area contributed by atoms with Crippen molar-refractivity contribution in [3.05, 3.63) is 72.2 Å². The van der Waals surface area contributed by atoms with Crippen LogP contribution in [-0.2, 0) is 6.54 Å². The molecule has 24 heavy (non-hydrogen) atoms. The van der Waals surface area contributed by atoms with Gasteiger partial charge in [-0.1, -0.05) is 30.3 Å². The number of nitrogens with zero attached hydrogens (tertiary/aromatic N) is 3. The maximum atomic E-state index is 12.3. The number of likely N-dealkylation sites (N-methyl/N-ethyl adjacent to an activating group) is 1. The van der Waals surface area contributed by atoms with Crippen molar-refractivity contribution in [2.24, 2.45) is 0 Å². The molecule has 0 aliphatic rings. The second-order valence-corrected chi connectivity index (χ2v) is 6.07. The van der Waals surface area contributed by atoms with Crippen LogP contribution in [0.15, 0.2) is 61.1 Å². The van der Waals surface area contributed by atoms with E-state index in [1.54, 1.807) is 12.3 Å². The second kappa shape index (κ2) is 7.27. The summed E-state index contributed by atoms with van der Waals surface area (Å²) in [5.74, 6) is -0.0690. The van der Waals surface area contributed by atoms with E-state index in [-0.39, 0.29) is 11.9 Å². The Balaban J connectivity index is 1.54. The zero-order valence-corrected chi connectivity index (χ0v) is 14.0. The first-order chi connectivity index (χ1) is 11.6. The summed E-state index contributed by atoms with van der Waals surface area (Å²) in [5.41, 5.74) is 2.67. The molecule has 2 heterocycles. The largest absolute Gasteiger partial charge is 0.350 e. The Morgan fingerprint density at radius 1 is 1.25 bits per heavy atom. The Morgan fingerprint density at radius 3 is 2.83 bits per heavy atom. The van der Waals surface area contributed by atoms with Gasteiger partial charge in [-0.2, -0.15) is 0 Å². The molecule has 3 aromatic rings. The minimum atomic E-state index is -0.0690. The SMILES string of the molecule is CC(CNC(=O)c1ccn2ccnc2c1)N(C)Cc1ccccc1. The molecular weight excluding hydrogens is 300 g/mol. The first-order valence-corrected chi connectivity index (χ1v) is 8.08. The third-order valence-electron chi connectivity index (χ3n) is 4.25. The van der Waals surface area contributed by atoms with E-state index >= 15 is 0 Å². The predicted molar refractivity (Wildman–Crippen MR) is 94.9 cm³/mol. The number of amides is 1. The highest BCUT2D eigenvalue weighted by molar-refractivity contribution is 5.95. The summed E-state index contributed by atoms with van der Waals surface area (Å²) in [7, 11) is 2.07. The molecule has 0 radical (unpaired) electrons. The maximum Gasteiger partial charge on any atom is 0.251 e. The van der Waals surface area contributed by atoms with E-state index in [1.807, 2.05) is 41.1 Å². The molecule has 0 bridgehead atoms. The maximum absolute atomic E-state index is 12.3. The van der Waals surface area contributed by atoms with Crippen molar-refractivity contribution < 1.29 is 4.79 Å². The van der Waals surface area contributed by atoms with Crippen LogP contribution >= 0.6 is 0 Å². The first-order valence-electron chi connectivity index (χ1n) is 8.08. The van der Waals surface area contributed by atoms with Crippen LogP contribution in [0.3, 0.4) is 0 Å². The molecule has 1 amide bonds. The molecule has 1 N–H and O–H groups in total. The number of fused-ring (bicyclic) bond motifs is 1. The number of pyridine rings is 1. The Bertz CT molecular complexity index is 812. The molecule has 0 aliphatic heterocycles. The summed E-state index contributed by atoms with van der Waals surface area (Å²) in [6.07, 6.45) is 5.43. The van der Waals surface area contributed by atoms with Gasteiger partial charge < -0.3 is 9.72 Å². The van der Waals surface area contributed by atoms with Crippen LogP contribution in [0.4, 0.5) is 0 Å². The van der Waals surface area contributed by atoms with E-state index < -0.39 is 0 Å². The highest BCUT2D eigenvalue weighted by Crippen LogP contribution is 2.07. The molecule has 0 aliphatic carbocycles. The standard InChI is InChI=1S/C19H22N4O/c1-15(22(2)14-16-6-4-3-5-7-16)13-21-19(24)17-8-10-23-11-9-20-18(23)12-17/h3-12,15H,13-14H2,1-2H3,(H,21,24). The smallest absolute Gasteiger partial charge is 0.251 e. The normalized spacial score (nSPS) is 12.5. The number of hydrogen-bond acceptors (Lipinski definition) is 3. The van der Waals surface area contributed by atoms with Gasteiger partial charge in [0.25, 0.3) is 5.91 Å². The zero-order chi connectivity index (χ0) is 16.9. The number of imidazole rings is 1. The van der Waals surface area contributed by atoms with E-state index in [2.05, 4.69) is 41.3 Å². The molecule has 0 saturated carbocycles. The molecule has 0 spiro atoms. The fraction of sp³-hybridized carbons (Fsp3) is 0.263. The van der Waals surface area contributed by atoms with E-state index in [9.17, 15) is 4.79 Å². The molecule has 1 aromatic carbocycles. The number of rotatable bonds is 6. The van der Waals surface area contributed by atoms with Crippen molar-refractivity contribution in [2.45, 2.75) is 19.5 Å². The van der Waals surface area contributed by atoms with Gasteiger partial charge in [0.2, 0.25) is 0 Å². The monoisotopic (exact) mass is 322 g/mol. The minimum absolute atomic E-state index is 0.0690. The Hall–Kier alpha value is -2.66. The minimum Gasteiger partial charge on any atom is -0.350 e. The van der Waals surface area contributed by atoms with Gasteiger partial charge in [-0.05, 0) is 31.7 Å². The highest BCUT2D eigenvalue weighted by Gasteiger charge is 2.12. The van der Waals surface area contributed by atoms with Crippen LogP contribution in [-0.4, -0.2) is 39.8 Å². The van der Waals surface area contributed by atoms with Gasteiger partial charge in [0, 0.05) is 43.3 Å². The van der Waals surface area contributed by atoms with Crippen molar-refractivity contribution in [3.8, 4) is 0 Å². The molecule has 1 unspecified atom stereocenters. The van der Waals surface area contributed by atoms with Crippen molar-refractivity contribution in [1.82, 2.24) is 19.6 Å². The quantitative estimate of drug-likeness (QED) is 0.759. The van der Waals surface area contributed by atoms with Crippen LogP contribution in [0.5, 0.6) is 0 Å². The average Bonchev–Trinajstić information content (AvgIpc) is 3.07. The Kier molecular flexibility index (Phi) is 4.91. The lowest BCUT2D eigenvalue weighted by atomic mass is 10.2. The van der Waals surface area contributed by atoms with Gasteiger partial charge >= 0.3 is 0 Å². The zero-order valence-electron chi connectivity index (χ0n) is 14.0. The molecule has 1 atom stereocenters. The third kappa shape index (κ3) is 3.81. The first kappa shape index (κ1) is 16.2. The van der Waals surface area contributed by atoms with Crippen LogP contribution in [0.1, 0.15) is 22.8 Å². The topological polar surface area (TPSA) is 49.6 Å². The van der Waals surface area contributed by atoms with Crippen LogP contribution in [0.25, 0.3) is 5.65 Å². The lowest BCUT2D eigenvalue weighted by Gasteiger charge is -2.25. The fourth-order valence-corrected chi connectivity index (χ4v) is 2.58. The van der Waals surface area contributed by atoms with Crippen LogP contribution in [0, 0.1) is 0 Å². The summed E-state index contributed by atoms with van der Waals surface area (Å²) >= 11 is 0. The van der Waals surface area contributed by atoms with Crippen molar-refractivity contribution in [3.63, 3.8) is 0 Å².